The predicted octanol–water partition coefficient (Wildman–Crippen LogP) is 2.90. The normalized spacial score (nSPS) is 30.5. The molecule has 1 aliphatic rings. The van der Waals surface area contributed by atoms with Crippen LogP contribution in [-0.2, 0) is 10.2 Å². The molecule has 2 rings (SSSR count). The Morgan fingerprint density at radius 1 is 1.25 bits per heavy atom. The van der Waals surface area contributed by atoms with E-state index in [1.807, 2.05) is 18.2 Å². The van der Waals surface area contributed by atoms with E-state index in [2.05, 4.69) is 26.0 Å². The lowest BCUT2D eigenvalue weighted by Crippen LogP contribution is -2.55. The van der Waals surface area contributed by atoms with Crippen LogP contribution in [0.4, 0.5) is 4.79 Å². The molecule has 1 fully saturated rings. The van der Waals surface area contributed by atoms with Gasteiger partial charge in [-0.3, -0.25) is 4.90 Å². The number of carbonyl (C=O) groups is 1. The first-order valence-corrected chi connectivity index (χ1v) is 6.85. The molecule has 1 aromatic carbocycles. The third kappa shape index (κ3) is 2.18. The highest BCUT2D eigenvalue weighted by molar-refractivity contribution is 5.71. The number of cyclic esters (lactones) is 1. The molecule has 0 unspecified atom stereocenters. The van der Waals surface area contributed by atoms with E-state index in [-0.39, 0.29) is 5.41 Å². The fraction of sp³-hybridized carbons (Fsp3) is 0.562. The van der Waals surface area contributed by atoms with Crippen molar-refractivity contribution in [1.29, 1.82) is 0 Å². The molecule has 4 heteroatoms. The monoisotopic (exact) mass is 277 g/mol. The van der Waals surface area contributed by atoms with Crippen molar-refractivity contribution in [3.8, 4) is 0 Å². The number of nitrogens with zero attached hydrogens (tertiary/aromatic N) is 1. The van der Waals surface area contributed by atoms with E-state index < -0.39 is 17.4 Å². The third-order valence-corrected chi connectivity index (χ3v) is 4.58. The molecule has 0 spiro atoms. The summed E-state index contributed by atoms with van der Waals surface area (Å²) in [7, 11) is 1.56. The van der Waals surface area contributed by atoms with Gasteiger partial charge >= 0.3 is 6.09 Å². The van der Waals surface area contributed by atoms with Gasteiger partial charge in [-0.25, -0.2) is 4.79 Å². The van der Waals surface area contributed by atoms with Gasteiger partial charge in [-0.1, -0.05) is 44.2 Å². The molecule has 1 saturated heterocycles. The number of ether oxygens (including phenoxy) is 1. The maximum absolute atomic E-state index is 11.8. The number of hydrogen-bond donors (Lipinski definition) is 1. The second-order valence-electron chi connectivity index (χ2n) is 6.61. The van der Waals surface area contributed by atoms with Crippen LogP contribution in [0.15, 0.2) is 30.3 Å². The largest absolute Gasteiger partial charge is 0.438 e. The molecule has 1 N–H and O–H groups in total. The highest BCUT2D eigenvalue weighted by Gasteiger charge is 2.59. The van der Waals surface area contributed by atoms with E-state index in [1.165, 1.54) is 4.90 Å². The minimum atomic E-state index is -1.32. The smallest absolute Gasteiger partial charge is 0.412 e. The van der Waals surface area contributed by atoms with Crippen molar-refractivity contribution in [2.75, 3.05) is 7.05 Å². The lowest BCUT2D eigenvalue weighted by Gasteiger charge is -2.41. The highest BCUT2D eigenvalue weighted by Crippen LogP contribution is 2.44. The summed E-state index contributed by atoms with van der Waals surface area (Å²) in [5.41, 5.74) is -1.33. The Hall–Kier alpha value is -1.55. The van der Waals surface area contributed by atoms with Gasteiger partial charge in [-0.2, -0.15) is 0 Å². The minimum absolute atomic E-state index is 0.217. The average molecular weight is 277 g/mol. The zero-order valence-corrected chi connectivity index (χ0v) is 12.8. The molecule has 0 aromatic heterocycles. The molecule has 1 aromatic rings. The molecule has 2 atom stereocenters. The van der Waals surface area contributed by atoms with Gasteiger partial charge in [0.05, 0.1) is 0 Å². The van der Waals surface area contributed by atoms with E-state index in [4.69, 9.17) is 4.74 Å². The number of rotatable bonds is 3. The summed E-state index contributed by atoms with van der Waals surface area (Å²) in [5.74, 6) is 0. The van der Waals surface area contributed by atoms with Gasteiger partial charge in [0.2, 0.25) is 0 Å². The molecular formula is C16H23NO3. The van der Waals surface area contributed by atoms with Gasteiger partial charge in [0, 0.05) is 13.5 Å². The Balaban J connectivity index is 2.31. The van der Waals surface area contributed by atoms with Gasteiger partial charge < -0.3 is 9.84 Å². The molecule has 1 aliphatic heterocycles. The summed E-state index contributed by atoms with van der Waals surface area (Å²) in [6.45, 7) is 7.60. The highest BCUT2D eigenvalue weighted by atomic mass is 16.6. The fourth-order valence-electron chi connectivity index (χ4n) is 2.93. The molecule has 1 heterocycles. The Bertz CT molecular complexity index is 510. The van der Waals surface area contributed by atoms with E-state index in [9.17, 15) is 9.90 Å². The van der Waals surface area contributed by atoms with E-state index in [0.717, 1.165) is 5.56 Å². The van der Waals surface area contributed by atoms with Crippen LogP contribution in [0.2, 0.25) is 0 Å². The number of aliphatic hydroxyl groups is 1. The maximum Gasteiger partial charge on any atom is 0.412 e. The standard InChI is InChI=1S/C16H23NO3/c1-14(2,12-9-7-6-8-10-12)11-15(3)16(4,19)17(5)13(18)20-15/h6-10,19H,11H2,1-5H3/t15-,16+/m0/s1. The van der Waals surface area contributed by atoms with Gasteiger partial charge in [0.25, 0.3) is 0 Å². The second kappa shape index (κ2) is 4.48. The molecule has 0 saturated carbocycles. The van der Waals surface area contributed by atoms with Crippen molar-refractivity contribution < 1.29 is 14.6 Å². The van der Waals surface area contributed by atoms with Crippen molar-refractivity contribution in [3.63, 3.8) is 0 Å². The molecule has 20 heavy (non-hydrogen) atoms. The van der Waals surface area contributed by atoms with E-state index in [1.54, 1.807) is 20.9 Å². The fourth-order valence-corrected chi connectivity index (χ4v) is 2.93. The number of amides is 1. The Morgan fingerprint density at radius 2 is 1.80 bits per heavy atom. The van der Waals surface area contributed by atoms with Gasteiger partial charge in [-0.05, 0) is 24.8 Å². The number of hydrogen-bond acceptors (Lipinski definition) is 3. The molecule has 0 radical (unpaired) electrons. The molecular weight excluding hydrogens is 254 g/mol. The first-order valence-electron chi connectivity index (χ1n) is 6.85. The van der Waals surface area contributed by atoms with Crippen LogP contribution in [0.5, 0.6) is 0 Å². The summed E-state index contributed by atoms with van der Waals surface area (Å²) in [5, 5.41) is 10.6. The lowest BCUT2D eigenvalue weighted by molar-refractivity contribution is -0.140. The summed E-state index contributed by atoms with van der Waals surface area (Å²) in [6.07, 6.45) is 0.0500. The van der Waals surface area contributed by atoms with Crippen LogP contribution in [0.3, 0.4) is 0 Å². The van der Waals surface area contributed by atoms with Crippen LogP contribution in [0, 0.1) is 0 Å². The molecule has 110 valence electrons. The van der Waals surface area contributed by atoms with Crippen molar-refractivity contribution in [1.82, 2.24) is 4.90 Å². The molecule has 4 nitrogen and oxygen atoms in total. The van der Waals surface area contributed by atoms with Crippen LogP contribution in [0.1, 0.15) is 39.7 Å². The van der Waals surface area contributed by atoms with Crippen molar-refractivity contribution in [2.45, 2.75) is 50.9 Å². The SMILES string of the molecule is CN1C(=O)O[C@@](C)(CC(C)(C)c2ccccc2)[C@@]1(C)O. The lowest BCUT2D eigenvalue weighted by atomic mass is 9.73. The number of benzene rings is 1. The van der Waals surface area contributed by atoms with E-state index in [0.29, 0.717) is 6.42 Å². The topological polar surface area (TPSA) is 49.8 Å². The first kappa shape index (κ1) is 14.9. The quantitative estimate of drug-likeness (QED) is 0.924. The van der Waals surface area contributed by atoms with Crippen LogP contribution < -0.4 is 0 Å². The zero-order chi connectivity index (χ0) is 15.2. The van der Waals surface area contributed by atoms with Gasteiger partial charge in [0.1, 0.15) is 0 Å². The minimum Gasteiger partial charge on any atom is -0.438 e. The molecule has 0 bridgehead atoms. The molecule has 1 amide bonds. The summed E-state index contributed by atoms with van der Waals surface area (Å²) < 4.78 is 5.47. The van der Waals surface area contributed by atoms with Crippen molar-refractivity contribution in [3.05, 3.63) is 35.9 Å². The van der Waals surface area contributed by atoms with Crippen LogP contribution >= 0.6 is 0 Å². The van der Waals surface area contributed by atoms with Gasteiger partial charge in [-0.15, -0.1) is 0 Å². The van der Waals surface area contributed by atoms with E-state index >= 15 is 0 Å². The number of likely N-dealkylation sites (N-methyl/N-ethyl adjacent to an activating group) is 1. The van der Waals surface area contributed by atoms with Crippen molar-refractivity contribution in [2.24, 2.45) is 0 Å². The summed E-state index contributed by atoms with van der Waals surface area (Å²) >= 11 is 0. The van der Waals surface area contributed by atoms with Crippen molar-refractivity contribution >= 4 is 6.09 Å². The molecule has 0 aliphatic carbocycles. The zero-order valence-electron chi connectivity index (χ0n) is 12.8. The second-order valence-corrected chi connectivity index (χ2v) is 6.61. The average Bonchev–Trinajstić information content (AvgIpc) is 2.50. The Labute approximate surface area is 120 Å². The maximum atomic E-state index is 11.8. The Morgan fingerprint density at radius 3 is 2.25 bits per heavy atom. The van der Waals surface area contributed by atoms with Crippen LogP contribution in [-0.4, -0.2) is 34.5 Å². The summed E-state index contributed by atoms with van der Waals surface area (Å²) in [4.78, 5) is 13.0. The third-order valence-electron chi connectivity index (χ3n) is 4.58. The number of carbonyl (C=O) groups excluding carboxylic acids is 1. The Kier molecular flexibility index (Phi) is 3.33. The summed E-state index contributed by atoms with van der Waals surface area (Å²) in [6, 6.07) is 10.1. The van der Waals surface area contributed by atoms with Gasteiger partial charge in [0.15, 0.2) is 11.3 Å². The first-order chi connectivity index (χ1) is 9.10. The van der Waals surface area contributed by atoms with Crippen LogP contribution in [0.25, 0.3) is 0 Å². The predicted molar refractivity (Wildman–Crippen MR) is 77.4 cm³/mol.